The van der Waals surface area contributed by atoms with E-state index in [1.54, 1.807) is 29.2 Å². The molecule has 2 aliphatic rings. The highest BCUT2D eigenvalue weighted by Crippen LogP contribution is 2.28. The standard InChI is InChI=1S/C21H27N3O3/c22-15-18-5-8-19(9-6-18)27-16-21(26)24-13-11-23(12-14-24)20(25)10-7-17-3-1-2-4-17/h5-6,8-9,17H,1-4,7,10-14,16H2. The SMILES string of the molecule is N#Cc1ccc(OCC(=O)N2CCN(C(=O)CCC3CCCC3)CC2)cc1. The molecule has 6 nitrogen and oxygen atoms in total. The lowest BCUT2D eigenvalue weighted by Crippen LogP contribution is -2.51. The molecule has 27 heavy (non-hydrogen) atoms. The van der Waals surface area contributed by atoms with E-state index in [4.69, 9.17) is 10.00 Å². The number of amides is 2. The normalized spacial score (nSPS) is 17.6. The third-order valence-electron chi connectivity index (χ3n) is 5.57. The predicted octanol–water partition coefficient (Wildman–Crippen LogP) is 2.58. The molecule has 3 rings (SSSR count). The maximum atomic E-state index is 12.4. The van der Waals surface area contributed by atoms with Crippen LogP contribution in [0.1, 0.15) is 44.1 Å². The van der Waals surface area contributed by atoms with Gasteiger partial charge in [0.1, 0.15) is 5.75 Å². The summed E-state index contributed by atoms with van der Waals surface area (Å²) < 4.78 is 5.51. The summed E-state index contributed by atoms with van der Waals surface area (Å²) in [4.78, 5) is 28.3. The molecule has 1 aromatic carbocycles. The first-order valence-corrected chi connectivity index (χ1v) is 9.84. The Morgan fingerprint density at radius 1 is 1.00 bits per heavy atom. The van der Waals surface area contributed by atoms with Gasteiger partial charge in [-0.05, 0) is 36.6 Å². The summed E-state index contributed by atoms with van der Waals surface area (Å²) in [6.45, 7) is 2.30. The topological polar surface area (TPSA) is 73.6 Å². The van der Waals surface area contributed by atoms with Crippen LogP contribution in [0, 0.1) is 17.2 Å². The molecule has 1 aromatic rings. The molecule has 0 atom stereocenters. The van der Waals surface area contributed by atoms with Gasteiger partial charge in [0, 0.05) is 32.6 Å². The first-order valence-electron chi connectivity index (χ1n) is 9.84. The number of nitriles is 1. The van der Waals surface area contributed by atoms with Crippen molar-refractivity contribution in [1.82, 2.24) is 9.80 Å². The van der Waals surface area contributed by atoms with Crippen molar-refractivity contribution in [1.29, 1.82) is 5.26 Å². The van der Waals surface area contributed by atoms with Crippen LogP contribution in [0.3, 0.4) is 0 Å². The van der Waals surface area contributed by atoms with Crippen molar-refractivity contribution in [2.45, 2.75) is 38.5 Å². The van der Waals surface area contributed by atoms with E-state index in [0.717, 1.165) is 12.3 Å². The van der Waals surface area contributed by atoms with Gasteiger partial charge in [-0.1, -0.05) is 25.7 Å². The summed E-state index contributed by atoms with van der Waals surface area (Å²) in [5.41, 5.74) is 0.558. The van der Waals surface area contributed by atoms with Crippen molar-refractivity contribution in [3.63, 3.8) is 0 Å². The summed E-state index contributed by atoms with van der Waals surface area (Å²) in [6.07, 6.45) is 6.81. The molecule has 0 unspecified atom stereocenters. The van der Waals surface area contributed by atoms with E-state index in [1.807, 2.05) is 11.0 Å². The molecule has 0 N–H and O–H groups in total. The maximum absolute atomic E-state index is 12.4. The highest BCUT2D eigenvalue weighted by Gasteiger charge is 2.25. The van der Waals surface area contributed by atoms with Crippen LogP contribution in [-0.4, -0.2) is 54.4 Å². The molecular formula is C21H27N3O3. The van der Waals surface area contributed by atoms with Crippen molar-refractivity contribution in [3.05, 3.63) is 29.8 Å². The fourth-order valence-electron chi connectivity index (χ4n) is 3.85. The number of benzene rings is 1. The Hall–Kier alpha value is -2.55. The van der Waals surface area contributed by atoms with Gasteiger partial charge in [0.15, 0.2) is 6.61 Å². The number of piperazine rings is 1. The Labute approximate surface area is 160 Å². The van der Waals surface area contributed by atoms with Gasteiger partial charge in [0.2, 0.25) is 5.91 Å². The van der Waals surface area contributed by atoms with Crippen molar-refractivity contribution in [2.75, 3.05) is 32.8 Å². The van der Waals surface area contributed by atoms with Crippen molar-refractivity contribution < 1.29 is 14.3 Å². The van der Waals surface area contributed by atoms with E-state index in [9.17, 15) is 9.59 Å². The molecule has 0 aromatic heterocycles. The summed E-state index contributed by atoms with van der Waals surface area (Å²) >= 11 is 0. The number of hydrogen-bond donors (Lipinski definition) is 0. The van der Waals surface area contributed by atoms with E-state index in [0.29, 0.717) is 43.9 Å². The van der Waals surface area contributed by atoms with Crippen LogP contribution >= 0.6 is 0 Å². The summed E-state index contributed by atoms with van der Waals surface area (Å²) in [6, 6.07) is 8.75. The van der Waals surface area contributed by atoms with Crippen LogP contribution in [0.15, 0.2) is 24.3 Å². The Bertz CT molecular complexity index is 682. The lowest BCUT2D eigenvalue weighted by atomic mass is 10.0. The van der Waals surface area contributed by atoms with Crippen molar-refractivity contribution >= 4 is 11.8 Å². The average Bonchev–Trinajstić information content (AvgIpc) is 3.24. The fourth-order valence-corrected chi connectivity index (χ4v) is 3.85. The van der Waals surface area contributed by atoms with E-state index < -0.39 is 0 Å². The zero-order chi connectivity index (χ0) is 19.1. The van der Waals surface area contributed by atoms with Gasteiger partial charge in [-0.15, -0.1) is 0 Å². The predicted molar refractivity (Wildman–Crippen MR) is 101 cm³/mol. The Kier molecular flexibility index (Phi) is 6.69. The second kappa shape index (κ2) is 9.40. The number of carbonyl (C=O) groups is 2. The van der Waals surface area contributed by atoms with Crippen LogP contribution < -0.4 is 4.74 Å². The molecule has 1 heterocycles. The summed E-state index contributed by atoms with van der Waals surface area (Å²) in [5, 5.41) is 8.79. The third kappa shape index (κ3) is 5.46. The van der Waals surface area contributed by atoms with Crippen LogP contribution in [0.5, 0.6) is 5.75 Å². The van der Waals surface area contributed by atoms with Crippen LogP contribution in [-0.2, 0) is 9.59 Å². The van der Waals surface area contributed by atoms with Crippen LogP contribution in [0.4, 0.5) is 0 Å². The number of nitrogens with zero attached hydrogens (tertiary/aromatic N) is 3. The smallest absolute Gasteiger partial charge is 0.260 e. The molecule has 0 spiro atoms. The molecule has 2 amide bonds. The molecule has 1 aliphatic carbocycles. The summed E-state index contributed by atoms with van der Waals surface area (Å²) in [5.74, 6) is 1.46. The molecule has 2 fully saturated rings. The van der Waals surface area contributed by atoms with Gasteiger partial charge in [0.25, 0.3) is 5.91 Å². The maximum Gasteiger partial charge on any atom is 0.260 e. The van der Waals surface area contributed by atoms with Gasteiger partial charge in [-0.2, -0.15) is 5.26 Å². The fraction of sp³-hybridized carbons (Fsp3) is 0.571. The Morgan fingerprint density at radius 2 is 1.59 bits per heavy atom. The molecule has 1 aliphatic heterocycles. The summed E-state index contributed by atoms with van der Waals surface area (Å²) in [7, 11) is 0. The number of hydrogen-bond acceptors (Lipinski definition) is 4. The van der Waals surface area contributed by atoms with Crippen molar-refractivity contribution in [2.24, 2.45) is 5.92 Å². The van der Waals surface area contributed by atoms with Gasteiger partial charge in [-0.3, -0.25) is 9.59 Å². The Balaban J connectivity index is 1.36. The lowest BCUT2D eigenvalue weighted by Gasteiger charge is -2.35. The zero-order valence-corrected chi connectivity index (χ0v) is 15.7. The van der Waals surface area contributed by atoms with E-state index in [-0.39, 0.29) is 18.4 Å². The van der Waals surface area contributed by atoms with E-state index in [2.05, 4.69) is 0 Å². The molecule has 0 bridgehead atoms. The molecule has 1 saturated heterocycles. The minimum atomic E-state index is -0.0718. The van der Waals surface area contributed by atoms with E-state index >= 15 is 0 Å². The van der Waals surface area contributed by atoms with Gasteiger partial charge < -0.3 is 14.5 Å². The molecule has 0 radical (unpaired) electrons. The highest BCUT2D eigenvalue weighted by molar-refractivity contribution is 5.79. The molecule has 6 heteroatoms. The third-order valence-corrected chi connectivity index (χ3v) is 5.57. The van der Waals surface area contributed by atoms with Gasteiger partial charge in [0.05, 0.1) is 11.6 Å². The second-order valence-electron chi connectivity index (χ2n) is 7.38. The number of ether oxygens (including phenoxy) is 1. The first kappa shape index (κ1) is 19.2. The zero-order valence-electron chi connectivity index (χ0n) is 15.7. The number of rotatable bonds is 6. The minimum Gasteiger partial charge on any atom is -0.484 e. The Morgan fingerprint density at radius 3 is 2.19 bits per heavy atom. The van der Waals surface area contributed by atoms with E-state index in [1.165, 1.54) is 25.7 Å². The monoisotopic (exact) mass is 369 g/mol. The van der Waals surface area contributed by atoms with Crippen LogP contribution in [0.2, 0.25) is 0 Å². The highest BCUT2D eigenvalue weighted by atomic mass is 16.5. The minimum absolute atomic E-state index is 0.0263. The second-order valence-corrected chi connectivity index (χ2v) is 7.38. The molecular weight excluding hydrogens is 342 g/mol. The van der Waals surface area contributed by atoms with Gasteiger partial charge >= 0.3 is 0 Å². The van der Waals surface area contributed by atoms with Gasteiger partial charge in [-0.25, -0.2) is 0 Å². The largest absolute Gasteiger partial charge is 0.484 e. The number of carbonyl (C=O) groups excluding carboxylic acids is 2. The first-order chi connectivity index (χ1) is 13.2. The average molecular weight is 369 g/mol. The molecule has 144 valence electrons. The molecule has 1 saturated carbocycles. The quantitative estimate of drug-likeness (QED) is 0.772. The lowest BCUT2D eigenvalue weighted by molar-refractivity contribution is -0.140. The van der Waals surface area contributed by atoms with Crippen molar-refractivity contribution in [3.8, 4) is 11.8 Å². The van der Waals surface area contributed by atoms with Crippen LogP contribution in [0.25, 0.3) is 0 Å².